The number of Topliss-reactive ketones (excluding diaryl/α,β-unsaturated/α-hetero) is 1. The van der Waals surface area contributed by atoms with E-state index in [1.54, 1.807) is 12.1 Å². The molecule has 4 nitrogen and oxygen atoms in total. The molecule has 0 fully saturated rings. The molecule has 0 amide bonds. The molecule has 1 N–H and O–H groups in total. The van der Waals surface area contributed by atoms with Crippen LogP contribution in [-0.4, -0.2) is 23.5 Å². The fourth-order valence-corrected chi connectivity index (χ4v) is 3.07. The summed E-state index contributed by atoms with van der Waals surface area (Å²) in [6, 6.07) is 22.7. The Morgan fingerprint density at radius 1 is 0.857 bits per heavy atom. The van der Waals surface area contributed by atoms with Crippen LogP contribution in [0.15, 0.2) is 72.8 Å². The number of ketones is 1. The third kappa shape index (κ3) is 4.86. The van der Waals surface area contributed by atoms with Gasteiger partial charge in [0.25, 0.3) is 0 Å². The van der Waals surface area contributed by atoms with Gasteiger partial charge in [0.05, 0.1) is 6.42 Å². The number of carbonyl (C=O) groups excluding carboxylic acids is 1. The van der Waals surface area contributed by atoms with Crippen LogP contribution in [0.1, 0.15) is 28.4 Å². The molecule has 0 aliphatic rings. The van der Waals surface area contributed by atoms with E-state index in [0.717, 1.165) is 22.3 Å². The topological polar surface area (TPSA) is 63.6 Å². The van der Waals surface area contributed by atoms with Crippen molar-refractivity contribution in [1.82, 2.24) is 0 Å². The average Bonchev–Trinajstić information content (AvgIpc) is 2.73. The summed E-state index contributed by atoms with van der Waals surface area (Å²) in [7, 11) is 0. The van der Waals surface area contributed by atoms with Crippen LogP contribution in [0.25, 0.3) is 11.1 Å². The van der Waals surface area contributed by atoms with Crippen molar-refractivity contribution in [2.45, 2.75) is 19.8 Å². The molecule has 0 aliphatic heterocycles. The fraction of sp³-hybridized carbons (Fsp3) is 0.167. The lowest BCUT2D eigenvalue weighted by atomic mass is 10.0. The summed E-state index contributed by atoms with van der Waals surface area (Å²) in [5.74, 6) is -0.398. The van der Waals surface area contributed by atoms with Crippen molar-refractivity contribution in [2.24, 2.45) is 0 Å². The second-order valence-electron chi connectivity index (χ2n) is 6.51. The molecule has 4 heteroatoms. The highest BCUT2D eigenvalue weighted by atomic mass is 16.5. The number of aliphatic carboxylic acids is 1. The Morgan fingerprint density at radius 3 is 2.18 bits per heavy atom. The predicted octanol–water partition coefficient (Wildman–Crippen LogP) is 4.80. The molecule has 0 spiro atoms. The SMILES string of the molecule is CCc1cc(OCC(=O)c2ccc(-c3ccccc3)cc2)ccc1CC(=O)O. The smallest absolute Gasteiger partial charge is 0.307 e. The number of carboxylic acid groups (broad SMARTS) is 1. The summed E-state index contributed by atoms with van der Waals surface area (Å²) < 4.78 is 5.64. The minimum atomic E-state index is -0.863. The van der Waals surface area contributed by atoms with E-state index in [2.05, 4.69) is 0 Å². The lowest BCUT2D eigenvalue weighted by Crippen LogP contribution is -2.12. The highest BCUT2D eigenvalue weighted by Gasteiger charge is 2.10. The Morgan fingerprint density at radius 2 is 1.54 bits per heavy atom. The summed E-state index contributed by atoms with van der Waals surface area (Å²) in [5, 5.41) is 8.97. The lowest BCUT2D eigenvalue weighted by Gasteiger charge is -2.10. The van der Waals surface area contributed by atoms with Crippen LogP contribution in [0.3, 0.4) is 0 Å². The van der Waals surface area contributed by atoms with Crippen molar-refractivity contribution < 1.29 is 19.4 Å². The number of carbonyl (C=O) groups is 2. The van der Waals surface area contributed by atoms with Crippen LogP contribution in [0, 0.1) is 0 Å². The molecule has 0 saturated heterocycles. The van der Waals surface area contributed by atoms with Gasteiger partial charge >= 0.3 is 5.97 Å². The fourth-order valence-electron chi connectivity index (χ4n) is 3.07. The summed E-state index contributed by atoms with van der Waals surface area (Å²) >= 11 is 0. The molecule has 0 saturated carbocycles. The van der Waals surface area contributed by atoms with Gasteiger partial charge < -0.3 is 9.84 Å². The Kier molecular flexibility index (Phi) is 6.22. The molecule has 0 atom stereocenters. The summed E-state index contributed by atoms with van der Waals surface area (Å²) in [6.45, 7) is 1.90. The van der Waals surface area contributed by atoms with E-state index in [0.29, 0.717) is 17.7 Å². The van der Waals surface area contributed by atoms with E-state index >= 15 is 0 Å². The predicted molar refractivity (Wildman–Crippen MR) is 109 cm³/mol. The first-order valence-electron chi connectivity index (χ1n) is 9.22. The molecule has 0 unspecified atom stereocenters. The standard InChI is InChI=1S/C24H22O4/c1-2-17-14-22(13-12-21(17)15-24(26)27)28-16-23(25)20-10-8-19(9-11-20)18-6-4-3-5-7-18/h3-14H,2,15-16H2,1H3,(H,26,27). The van der Waals surface area contributed by atoms with Gasteiger partial charge in [-0.25, -0.2) is 0 Å². The summed E-state index contributed by atoms with van der Waals surface area (Å²) in [5.41, 5.74) is 4.44. The van der Waals surface area contributed by atoms with Gasteiger partial charge in [-0.2, -0.15) is 0 Å². The molecular formula is C24H22O4. The van der Waals surface area contributed by atoms with Crippen LogP contribution in [-0.2, 0) is 17.6 Å². The van der Waals surface area contributed by atoms with E-state index in [1.165, 1.54) is 0 Å². The Balaban J connectivity index is 1.64. The molecule has 142 valence electrons. The maximum absolute atomic E-state index is 12.4. The second kappa shape index (κ2) is 9.00. The van der Waals surface area contributed by atoms with Crippen molar-refractivity contribution in [2.75, 3.05) is 6.61 Å². The van der Waals surface area contributed by atoms with Crippen molar-refractivity contribution in [3.8, 4) is 16.9 Å². The Labute approximate surface area is 164 Å². The van der Waals surface area contributed by atoms with E-state index < -0.39 is 5.97 Å². The summed E-state index contributed by atoms with van der Waals surface area (Å²) in [6.07, 6.45) is 0.685. The molecule has 3 aromatic carbocycles. The van der Waals surface area contributed by atoms with E-state index in [1.807, 2.05) is 67.6 Å². The monoisotopic (exact) mass is 374 g/mol. The van der Waals surface area contributed by atoms with Gasteiger partial charge in [0.1, 0.15) is 5.75 Å². The summed E-state index contributed by atoms with van der Waals surface area (Å²) in [4.78, 5) is 23.4. The Hall–Kier alpha value is -3.40. The molecule has 0 heterocycles. The number of aryl methyl sites for hydroxylation is 1. The van der Waals surface area contributed by atoms with Crippen molar-refractivity contribution in [3.05, 3.63) is 89.5 Å². The second-order valence-corrected chi connectivity index (χ2v) is 6.51. The van der Waals surface area contributed by atoms with E-state index in [9.17, 15) is 9.59 Å². The minimum absolute atomic E-state index is 0.0177. The third-order valence-corrected chi connectivity index (χ3v) is 4.58. The van der Waals surface area contributed by atoms with E-state index in [4.69, 9.17) is 9.84 Å². The Bertz CT molecular complexity index is 960. The van der Waals surface area contributed by atoms with Crippen molar-refractivity contribution in [1.29, 1.82) is 0 Å². The highest BCUT2D eigenvalue weighted by molar-refractivity contribution is 5.97. The molecule has 0 aromatic heterocycles. The van der Waals surface area contributed by atoms with Gasteiger partial charge in [-0.3, -0.25) is 9.59 Å². The third-order valence-electron chi connectivity index (χ3n) is 4.58. The maximum Gasteiger partial charge on any atom is 0.307 e. The minimum Gasteiger partial charge on any atom is -0.485 e. The molecule has 0 bridgehead atoms. The van der Waals surface area contributed by atoms with Crippen LogP contribution in [0.5, 0.6) is 5.75 Å². The molecule has 3 aromatic rings. The van der Waals surface area contributed by atoms with Gasteiger partial charge in [-0.15, -0.1) is 0 Å². The zero-order valence-corrected chi connectivity index (χ0v) is 15.7. The first-order valence-corrected chi connectivity index (χ1v) is 9.22. The number of benzene rings is 3. The molecule has 0 radical (unpaired) electrons. The van der Waals surface area contributed by atoms with Gasteiger partial charge in [0.15, 0.2) is 12.4 Å². The molecular weight excluding hydrogens is 352 g/mol. The van der Waals surface area contributed by atoms with Gasteiger partial charge in [-0.05, 0) is 40.8 Å². The molecule has 3 rings (SSSR count). The van der Waals surface area contributed by atoms with Crippen LogP contribution < -0.4 is 4.74 Å². The van der Waals surface area contributed by atoms with Crippen LogP contribution in [0.4, 0.5) is 0 Å². The number of hydrogen-bond acceptors (Lipinski definition) is 3. The number of rotatable bonds is 8. The largest absolute Gasteiger partial charge is 0.485 e. The quantitative estimate of drug-likeness (QED) is 0.575. The van der Waals surface area contributed by atoms with Gasteiger partial charge in [-0.1, -0.05) is 67.6 Å². The van der Waals surface area contributed by atoms with Crippen molar-refractivity contribution in [3.63, 3.8) is 0 Å². The van der Waals surface area contributed by atoms with Crippen LogP contribution in [0.2, 0.25) is 0 Å². The average molecular weight is 374 g/mol. The first kappa shape index (κ1) is 19.4. The number of hydrogen-bond donors (Lipinski definition) is 1. The normalized spacial score (nSPS) is 10.5. The highest BCUT2D eigenvalue weighted by Crippen LogP contribution is 2.21. The van der Waals surface area contributed by atoms with Gasteiger partial charge in [0, 0.05) is 5.56 Å². The van der Waals surface area contributed by atoms with E-state index in [-0.39, 0.29) is 18.8 Å². The van der Waals surface area contributed by atoms with Crippen LogP contribution >= 0.6 is 0 Å². The maximum atomic E-state index is 12.4. The zero-order chi connectivity index (χ0) is 19.9. The number of carboxylic acids is 1. The lowest BCUT2D eigenvalue weighted by molar-refractivity contribution is -0.136. The van der Waals surface area contributed by atoms with Crippen molar-refractivity contribution >= 4 is 11.8 Å². The van der Waals surface area contributed by atoms with Gasteiger partial charge in [0.2, 0.25) is 0 Å². The first-order chi connectivity index (χ1) is 13.6. The zero-order valence-electron chi connectivity index (χ0n) is 15.7. The number of ether oxygens (including phenoxy) is 1. The molecule has 0 aliphatic carbocycles. The molecule has 28 heavy (non-hydrogen) atoms.